The van der Waals surface area contributed by atoms with Crippen molar-refractivity contribution in [2.75, 3.05) is 13.2 Å². The van der Waals surface area contributed by atoms with Crippen molar-refractivity contribution in [2.45, 2.75) is 51.2 Å². The molecule has 1 amide bonds. The highest BCUT2D eigenvalue weighted by Gasteiger charge is 2.28. The molecule has 1 fully saturated rings. The van der Waals surface area contributed by atoms with Crippen LogP contribution in [0, 0.1) is 0 Å². The number of hydrogen-bond acceptors (Lipinski definition) is 5. The van der Waals surface area contributed by atoms with E-state index in [2.05, 4.69) is 0 Å². The van der Waals surface area contributed by atoms with Gasteiger partial charge >= 0.3 is 5.97 Å². The lowest BCUT2D eigenvalue weighted by Crippen LogP contribution is -2.33. The third-order valence-electron chi connectivity index (χ3n) is 5.28. The topological polar surface area (TPSA) is 87.1 Å². The lowest BCUT2D eigenvalue weighted by Gasteiger charge is -2.22. The van der Waals surface area contributed by atoms with Crippen molar-refractivity contribution < 1.29 is 24.5 Å². The molecule has 0 bridgehead atoms. The highest BCUT2D eigenvalue weighted by atomic mass is 32.1. The van der Waals surface area contributed by atoms with Gasteiger partial charge in [0, 0.05) is 24.3 Å². The van der Waals surface area contributed by atoms with Gasteiger partial charge < -0.3 is 19.8 Å². The number of carboxylic acids is 1. The summed E-state index contributed by atoms with van der Waals surface area (Å²) in [4.78, 5) is 26.5. The van der Waals surface area contributed by atoms with Crippen LogP contribution >= 0.6 is 11.3 Å². The molecule has 1 aliphatic heterocycles. The smallest absolute Gasteiger partial charge is 0.345 e. The summed E-state index contributed by atoms with van der Waals surface area (Å²) in [6.07, 6.45) is 6.38. The van der Waals surface area contributed by atoms with Crippen LogP contribution in [0.4, 0.5) is 0 Å². The molecule has 0 unspecified atom stereocenters. The minimum absolute atomic E-state index is 0.00479. The van der Waals surface area contributed by atoms with Crippen LogP contribution in [0.2, 0.25) is 0 Å². The summed E-state index contributed by atoms with van der Waals surface area (Å²) in [7, 11) is 0. The Bertz CT molecular complexity index is 922. The fraction of sp³-hybridized carbons (Fsp3) is 0.417. The first-order chi connectivity index (χ1) is 15.0. The zero-order valence-electron chi connectivity index (χ0n) is 17.7. The average Bonchev–Trinajstić information content (AvgIpc) is 3.35. The first kappa shape index (κ1) is 23.0. The Balaban J connectivity index is 1.50. The largest absolute Gasteiger partial charge is 0.494 e. The maximum atomic E-state index is 12.3. The molecule has 2 heterocycles. The number of amides is 1. The van der Waals surface area contributed by atoms with Gasteiger partial charge in [0.1, 0.15) is 10.6 Å². The van der Waals surface area contributed by atoms with Crippen LogP contribution < -0.4 is 4.74 Å². The number of hydrogen-bond donors (Lipinski definition) is 2. The van der Waals surface area contributed by atoms with Gasteiger partial charge in [0.2, 0.25) is 5.91 Å². The molecule has 1 aliphatic rings. The number of aliphatic hydroxyl groups is 1. The lowest BCUT2D eigenvalue weighted by atomic mass is 10.1. The molecule has 31 heavy (non-hydrogen) atoms. The quantitative estimate of drug-likeness (QED) is 0.514. The number of thiophene rings is 1. The molecule has 7 heteroatoms. The summed E-state index contributed by atoms with van der Waals surface area (Å²) in [5.74, 6) is 0.0234. The minimum Gasteiger partial charge on any atom is -0.494 e. The second-order valence-corrected chi connectivity index (χ2v) is 8.77. The fourth-order valence-corrected chi connectivity index (χ4v) is 4.68. The number of aromatic carboxylic acids is 1. The molecule has 2 N–H and O–H groups in total. The summed E-state index contributed by atoms with van der Waals surface area (Å²) in [5, 5.41) is 19.5. The van der Waals surface area contributed by atoms with Crippen molar-refractivity contribution in [2.24, 2.45) is 0 Å². The standard InChI is InChI=1S/C24H29NO5S/c1-2-30-20-6-3-5-17(16-20)15-19(26)10-8-18-9-13-23(27)25(18)14-4-7-21-11-12-22(31-21)24(28)29/h3,5-6,8,10-12,16,18-19,26H,2,4,7,9,13-15H2,1H3,(H,28,29)/t18-,19+/m0/s1. The van der Waals surface area contributed by atoms with Crippen molar-refractivity contribution in [3.05, 3.63) is 63.9 Å². The first-order valence-corrected chi connectivity index (χ1v) is 11.5. The second-order valence-electron chi connectivity index (χ2n) is 7.60. The molecule has 1 aromatic heterocycles. The van der Waals surface area contributed by atoms with Gasteiger partial charge in [-0.15, -0.1) is 11.3 Å². The fourth-order valence-electron chi connectivity index (χ4n) is 3.79. The van der Waals surface area contributed by atoms with E-state index < -0.39 is 12.1 Å². The molecular formula is C24H29NO5S. The molecular weight excluding hydrogens is 414 g/mol. The van der Waals surface area contributed by atoms with Gasteiger partial charge in [-0.1, -0.05) is 24.3 Å². The molecule has 1 aromatic carbocycles. The Hall–Kier alpha value is -2.64. The highest BCUT2D eigenvalue weighted by molar-refractivity contribution is 7.13. The number of carbonyl (C=O) groups excluding carboxylic acids is 1. The summed E-state index contributed by atoms with van der Waals surface area (Å²) < 4.78 is 5.51. The third-order valence-corrected chi connectivity index (χ3v) is 6.41. The number of aryl methyl sites for hydroxylation is 1. The zero-order chi connectivity index (χ0) is 22.2. The Morgan fingerprint density at radius 2 is 2.19 bits per heavy atom. The number of ether oxygens (including phenoxy) is 1. The molecule has 6 nitrogen and oxygen atoms in total. The van der Waals surface area contributed by atoms with Gasteiger partial charge in [-0.25, -0.2) is 4.79 Å². The molecule has 1 saturated heterocycles. The predicted octanol–water partition coefficient (Wildman–Crippen LogP) is 3.93. The first-order valence-electron chi connectivity index (χ1n) is 10.7. The molecule has 3 rings (SSSR count). The van der Waals surface area contributed by atoms with Crippen molar-refractivity contribution in [3.63, 3.8) is 0 Å². The van der Waals surface area contributed by atoms with E-state index in [1.165, 1.54) is 11.3 Å². The second kappa shape index (κ2) is 11.1. The van der Waals surface area contributed by atoms with E-state index in [0.717, 1.165) is 35.5 Å². The SMILES string of the molecule is CCOc1cccc(C[C@H](O)C=C[C@H]2CCC(=O)N2CCCc2ccc(C(=O)O)s2)c1. The Labute approximate surface area is 186 Å². The van der Waals surface area contributed by atoms with Gasteiger partial charge in [-0.3, -0.25) is 4.79 Å². The maximum absolute atomic E-state index is 12.3. The predicted molar refractivity (Wildman–Crippen MR) is 121 cm³/mol. The Morgan fingerprint density at radius 3 is 2.94 bits per heavy atom. The Kier molecular flexibility index (Phi) is 8.26. The van der Waals surface area contributed by atoms with E-state index in [4.69, 9.17) is 9.84 Å². The Morgan fingerprint density at radius 1 is 1.35 bits per heavy atom. The van der Waals surface area contributed by atoms with E-state index in [0.29, 0.717) is 30.9 Å². The summed E-state index contributed by atoms with van der Waals surface area (Å²) >= 11 is 1.29. The third kappa shape index (κ3) is 6.67. The summed E-state index contributed by atoms with van der Waals surface area (Å²) in [5.41, 5.74) is 0.999. The van der Waals surface area contributed by atoms with Crippen LogP contribution in [0.25, 0.3) is 0 Å². The number of carbonyl (C=O) groups is 2. The number of aliphatic hydroxyl groups excluding tert-OH is 1. The van der Waals surface area contributed by atoms with Crippen LogP contribution in [-0.4, -0.2) is 52.3 Å². The van der Waals surface area contributed by atoms with Crippen molar-refractivity contribution in [1.82, 2.24) is 4.90 Å². The summed E-state index contributed by atoms with van der Waals surface area (Å²) in [6, 6.07) is 11.2. The summed E-state index contributed by atoms with van der Waals surface area (Å²) in [6.45, 7) is 3.16. The molecule has 166 valence electrons. The molecule has 0 aliphatic carbocycles. The molecule has 0 spiro atoms. The minimum atomic E-state index is -0.903. The number of benzene rings is 1. The average molecular weight is 444 g/mol. The van der Waals surface area contributed by atoms with Gasteiger partial charge in [-0.2, -0.15) is 0 Å². The van der Waals surface area contributed by atoms with Gasteiger partial charge in [-0.05, 0) is 56.0 Å². The maximum Gasteiger partial charge on any atom is 0.345 e. The van der Waals surface area contributed by atoms with E-state index in [1.54, 1.807) is 12.1 Å². The molecule has 0 radical (unpaired) electrons. The highest BCUT2D eigenvalue weighted by Crippen LogP contribution is 2.23. The van der Waals surface area contributed by atoms with Gasteiger partial charge in [0.15, 0.2) is 0 Å². The number of carboxylic acid groups (broad SMARTS) is 1. The molecule has 0 saturated carbocycles. The van der Waals surface area contributed by atoms with Gasteiger partial charge in [0.05, 0.1) is 18.8 Å². The van der Waals surface area contributed by atoms with E-state index in [1.807, 2.05) is 48.2 Å². The van der Waals surface area contributed by atoms with Crippen molar-refractivity contribution >= 4 is 23.2 Å². The van der Waals surface area contributed by atoms with Crippen molar-refractivity contribution in [1.29, 1.82) is 0 Å². The lowest BCUT2D eigenvalue weighted by molar-refractivity contribution is -0.128. The zero-order valence-corrected chi connectivity index (χ0v) is 18.5. The van der Waals surface area contributed by atoms with Crippen LogP contribution in [0.1, 0.15) is 46.3 Å². The van der Waals surface area contributed by atoms with Gasteiger partial charge in [0.25, 0.3) is 0 Å². The number of rotatable bonds is 11. The number of nitrogens with zero attached hydrogens (tertiary/aromatic N) is 1. The van der Waals surface area contributed by atoms with Crippen LogP contribution in [0.3, 0.4) is 0 Å². The van der Waals surface area contributed by atoms with E-state index >= 15 is 0 Å². The monoisotopic (exact) mass is 443 g/mol. The normalized spacial score (nSPS) is 17.4. The molecule has 2 atom stereocenters. The van der Waals surface area contributed by atoms with Crippen LogP contribution in [0.5, 0.6) is 5.75 Å². The molecule has 2 aromatic rings. The van der Waals surface area contributed by atoms with E-state index in [-0.39, 0.29) is 11.9 Å². The number of likely N-dealkylation sites (tertiary alicyclic amines) is 1. The van der Waals surface area contributed by atoms with E-state index in [9.17, 15) is 14.7 Å². The van der Waals surface area contributed by atoms with Crippen LogP contribution in [0.15, 0.2) is 48.6 Å². The van der Waals surface area contributed by atoms with Crippen molar-refractivity contribution in [3.8, 4) is 5.75 Å². The van der Waals surface area contributed by atoms with Crippen LogP contribution in [-0.2, 0) is 17.6 Å².